The molecule has 2 rings (SSSR count). The number of hydrogen-bond donors (Lipinski definition) is 1. The molecule has 1 aromatic rings. The number of carboxylic acids is 1. The average molecular weight is 310 g/mol. The number of anilines is 1. The van der Waals surface area contributed by atoms with E-state index in [1.165, 1.54) is 11.0 Å². The second-order valence-corrected chi connectivity index (χ2v) is 4.88. The Morgan fingerprint density at radius 1 is 1.45 bits per heavy atom. The Bertz CT molecular complexity index is 524. The second-order valence-electron chi connectivity index (χ2n) is 4.49. The van der Waals surface area contributed by atoms with Gasteiger partial charge in [0.15, 0.2) is 0 Å². The molecule has 0 spiro atoms. The first kappa shape index (κ1) is 14.8. The zero-order valence-corrected chi connectivity index (χ0v) is 10.9. The lowest BCUT2D eigenvalue weighted by Gasteiger charge is -2.31. The molecule has 0 saturated carbocycles. The van der Waals surface area contributed by atoms with E-state index in [-0.39, 0.29) is 17.5 Å². The molecule has 0 aromatic carbocycles. The zero-order chi connectivity index (χ0) is 14.9. The summed E-state index contributed by atoms with van der Waals surface area (Å²) in [5.41, 5.74) is 0. The number of aliphatic carboxylic acids is 1. The van der Waals surface area contributed by atoms with Crippen LogP contribution in [0.4, 0.5) is 19.0 Å². The molecule has 1 aliphatic heterocycles. The van der Waals surface area contributed by atoms with Gasteiger partial charge in [-0.1, -0.05) is 11.6 Å². The van der Waals surface area contributed by atoms with Gasteiger partial charge >= 0.3 is 12.1 Å². The molecule has 20 heavy (non-hydrogen) atoms. The van der Waals surface area contributed by atoms with E-state index in [2.05, 4.69) is 9.97 Å². The molecule has 0 bridgehead atoms. The van der Waals surface area contributed by atoms with Gasteiger partial charge in [-0.15, -0.1) is 0 Å². The topological polar surface area (TPSA) is 66.3 Å². The predicted octanol–water partition coefficient (Wildman–Crippen LogP) is 2.45. The van der Waals surface area contributed by atoms with Gasteiger partial charge in [0.05, 0.1) is 5.92 Å². The summed E-state index contributed by atoms with van der Waals surface area (Å²) < 4.78 is 37.9. The van der Waals surface area contributed by atoms with Crippen molar-refractivity contribution in [2.24, 2.45) is 5.92 Å². The summed E-state index contributed by atoms with van der Waals surface area (Å²) in [6.07, 6.45) is -3.63. The van der Waals surface area contributed by atoms with Crippen molar-refractivity contribution in [3.05, 3.63) is 17.0 Å². The molecule has 1 aromatic heterocycles. The van der Waals surface area contributed by atoms with Crippen LogP contribution < -0.4 is 4.90 Å². The zero-order valence-electron chi connectivity index (χ0n) is 10.2. The molecule has 1 aliphatic rings. The fraction of sp³-hybridized carbons (Fsp3) is 0.545. The number of nitrogens with zero attached hydrogens (tertiary/aromatic N) is 3. The molecule has 9 heteroatoms. The van der Waals surface area contributed by atoms with E-state index in [9.17, 15) is 18.0 Å². The maximum absolute atomic E-state index is 12.6. The van der Waals surface area contributed by atoms with Crippen LogP contribution in [0.3, 0.4) is 0 Å². The van der Waals surface area contributed by atoms with E-state index < -0.39 is 23.9 Å². The molecular weight excluding hydrogens is 299 g/mol. The molecule has 0 amide bonds. The van der Waals surface area contributed by atoms with Crippen LogP contribution in [-0.4, -0.2) is 34.1 Å². The van der Waals surface area contributed by atoms with Crippen molar-refractivity contribution in [3.8, 4) is 0 Å². The summed E-state index contributed by atoms with van der Waals surface area (Å²) in [5, 5.41) is 8.66. The van der Waals surface area contributed by atoms with E-state index in [1.54, 1.807) is 0 Å². The van der Waals surface area contributed by atoms with Crippen molar-refractivity contribution >= 4 is 23.4 Å². The van der Waals surface area contributed by atoms with E-state index in [4.69, 9.17) is 16.7 Å². The number of halogens is 4. The first-order valence-electron chi connectivity index (χ1n) is 5.87. The summed E-state index contributed by atoms with van der Waals surface area (Å²) in [6.45, 7) is 0.550. The Morgan fingerprint density at radius 2 is 2.15 bits per heavy atom. The number of alkyl halides is 3. The Morgan fingerprint density at radius 3 is 2.75 bits per heavy atom. The molecule has 1 N–H and O–H groups in total. The largest absolute Gasteiger partial charge is 0.481 e. The van der Waals surface area contributed by atoms with Crippen molar-refractivity contribution in [1.29, 1.82) is 0 Å². The van der Waals surface area contributed by atoms with E-state index >= 15 is 0 Å². The lowest BCUT2D eigenvalue weighted by Crippen LogP contribution is -2.39. The monoisotopic (exact) mass is 309 g/mol. The van der Waals surface area contributed by atoms with Crippen molar-refractivity contribution in [3.63, 3.8) is 0 Å². The lowest BCUT2D eigenvalue weighted by molar-refractivity contribution is -0.145. The summed E-state index contributed by atoms with van der Waals surface area (Å²) in [4.78, 5) is 19.0. The minimum absolute atomic E-state index is 0.00303. The van der Waals surface area contributed by atoms with Crippen LogP contribution in [0.2, 0.25) is 5.15 Å². The van der Waals surface area contributed by atoms with Gasteiger partial charge in [-0.3, -0.25) is 4.79 Å². The summed E-state index contributed by atoms with van der Waals surface area (Å²) in [7, 11) is 0. The second kappa shape index (κ2) is 5.43. The standard InChI is InChI=1S/C11H11ClF3N3O2/c12-7-4-8(17-10(16-7)11(13,14)15)18-3-1-2-6(5-18)9(19)20/h4,6H,1-3,5H2,(H,19,20)/t6-/m1/s1. The predicted molar refractivity (Wildman–Crippen MR) is 64.6 cm³/mol. The van der Waals surface area contributed by atoms with Crippen LogP contribution in [-0.2, 0) is 11.0 Å². The number of carbonyl (C=O) groups is 1. The molecule has 2 heterocycles. The maximum atomic E-state index is 12.6. The summed E-state index contributed by atoms with van der Waals surface area (Å²) >= 11 is 5.58. The van der Waals surface area contributed by atoms with Gasteiger partial charge in [0.25, 0.3) is 0 Å². The Balaban J connectivity index is 2.28. The van der Waals surface area contributed by atoms with E-state index in [0.717, 1.165) is 0 Å². The third kappa shape index (κ3) is 3.30. The number of piperidine rings is 1. The number of rotatable bonds is 2. The van der Waals surface area contributed by atoms with Crippen LogP contribution in [0.1, 0.15) is 18.7 Å². The minimum atomic E-state index is -4.69. The third-order valence-electron chi connectivity index (χ3n) is 3.03. The molecule has 0 aliphatic carbocycles. The quantitative estimate of drug-likeness (QED) is 0.850. The first-order chi connectivity index (χ1) is 9.27. The average Bonchev–Trinajstić information content (AvgIpc) is 2.37. The summed E-state index contributed by atoms with van der Waals surface area (Å²) in [6, 6.07) is 1.21. The van der Waals surface area contributed by atoms with Crippen LogP contribution in [0.5, 0.6) is 0 Å². The van der Waals surface area contributed by atoms with Crippen molar-refractivity contribution in [2.75, 3.05) is 18.0 Å². The minimum Gasteiger partial charge on any atom is -0.481 e. The molecule has 1 fully saturated rings. The van der Waals surface area contributed by atoms with Gasteiger partial charge in [-0.05, 0) is 12.8 Å². The Hall–Kier alpha value is -1.57. The first-order valence-corrected chi connectivity index (χ1v) is 6.24. The van der Waals surface area contributed by atoms with Gasteiger partial charge in [-0.2, -0.15) is 13.2 Å². The molecule has 1 saturated heterocycles. The molecule has 0 unspecified atom stereocenters. The fourth-order valence-electron chi connectivity index (χ4n) is 2.08. The van der Waals surface area contributed by atoms with E-state index in [1.807, 2.05) is 0 Å². The fourth-order valence-corrected chi connectivity index (χ4v) is 2.26. The molecule has 1 atom stereocenters. The number of hydrogen-bond acceptors (Lipinski definition) is 4. The van der Waals surface area contributed by atoms with Gasteiger partial charge in [0, 0.05) is 19.2 Å². The smallest absolute Gasteiger partial charge is 0.451 e. The molecule has 5 nitrogen and oxygen atoms in total. The molecular formula is C11H11ClF3N3O2. The lowest BCUT2D eigenvalue weighted by atomic mass is 9.98. The number of carboxylic acid groups (broad SMARTS) is 1. The Kier molecular flexibility index (Phi) is 4.03. The van der Waals surface area contributed by atoms with Gasteiger partial charge < -0.3 is 10.0 Å². The van der Waals surface area contributed by atoms with Crippen LogP contribution in [0.25, 0.3) is 0 Å². The third-order valence-corrected chi connectivity index (χ3v) is 3.22. The van der Waals surface area contributed by atoms with Crippen LogP contribution in [0.15, 0.2) is 6.07 Å². The summed E-state index contributed by atoms with van der Waals surface area (Å²) in [5.74, 6) is -2.90. The molecule has 110 valence electrons. The highest BCUT2D eigenvalue weighted by Gasteiger charge is 2.36. The highest BCUT2D eigenvalue weighted by Crippen LogP contribution is 2.30. The van der Waals surface area contributed by atoms with Gasteiger partial charge in [0.2, 0.25) is 5.82 Å². The van der Waals surface area contributed by atoms with Crippen molar-refractivity contribution in [2.45, 2.75) is 19.0 Å². The van der Waals surface area contributed by atoms with E-state index in [0.29, 0.717) is 19.4 Å². The van der Waals surface area contributed by atoms with Crippen LogP contribution >= 0.6 is 11.6 Å². The van der Waals surface area contributed by atoms with Crippen molar-refractivity contribution in [1.82, 2.24) is 9.97 Å². The Labute approximate surface area is 117 Å². The van der Waals surface area contributed by atoms with Crippen LogP contribution in [0, 0.1) is 5.92 Å². The normalized spacial score (nSPS) is 20.0. The highest BCUT2D eigenvalue weighted by molar-refractivity contribution is 6.29. The van der Waals surface area contributed by atoms with Gasteiger partial charge in [0.1, 0.15) is 11.0 Å². The number of aromatic nitrogens is 2. The SMILES string of the molecule is O=C(O)[C@@H]1CCCN(c2cc(Cl)nc(C(F)(F)F)n2)C1. The van der Waals surface area contributed by atoms with Gasteiger partial charge in [-0.25, -0.2) is 9.97 Å². The highest BCUT2D eigenvalue weighted by atomic mass is 35.5. The van der Waals surface area contributed by atoms with Crippen molar-refractivity contribution < 1.29 is 23.1 Å². The maximum Gasteiger partial charge on any atom is 0.451 e. The molecule has 0 radical (unpaired) electrons.